The van der Waals surface area contributed by atoms with Crippen LogP contribution in [0.4, 0.5) is 17.6 Å². The van der Waals surface area contributed by atoms with E-state index in [0.29, 0.717) is 0 Å². The molecule has 1 fully saturated rings. The molecule has 1 aromatic carbocycles. The summed E-state index contributed by atoms with van der Waals surface area (Å²) in [7, 11) is 0. The lowest BCUT2D eigenvalue weighted by Gasteiger charge is -2.30. The zero-order valence-corrected chi connectivity index (χ0v) is 11.0. The van der Waals surface area contributed by atoms with E-state index in [1.54, 1.807) is 0 Å². The van der Waals surface area contributed by atoms with Crippen LogP contribution in [0.15, 0.2) is 12.2 Å². The summed E-state index contributed by atoms with van der Waals surface area (Å²) >= 11 is 1.02. The van der Waals surface area contributed by atoms with Gasteiger partial charge in [-0.2, -0.15) is 0 Å². The van der Waals surface area contributed by atoms with E-state index < -0.39 is 45.6 Å². The summed E-state index contributed by atoms with van der Waals surface area (Å²) in [6.07, 6.45) is 2.22. The highest BCUT2D eigenvalue weighted by molar-refractivity contribution is 8.00. The second-order valence-corrected chi connectivity index (χ2v) is 6.54. The van der Waals surface area contributed by atoms with E-state index in [4.69, 9.17) is 0 Å². The molecule has 1 saturated heterocycles. The Morgan fingerprint density at radius 1 is 0.714 bits per heavy atom. The number of fused-ring (bicyclic) bond motifs is 8. The summed E-state index contributed by atoms with van der Waals surface area (Å²) < 4.78 is 54.8. The van der Waals surface area contributed by atoms with Crippen molar-refractivity contribution < 1.29 is 27.2 Å². The number of carbonyl (C=O) groups excluding carboxylic acids is 2. The normalized spacial score (nSPS) is 32.6. The van der Waals surface area contributed by atoms with Crippen LogP contribution < -0.4 is 0 Å². The maximum Gasteiger partial charge on any atom is 0.197 e. The first-order valence-corrected chi connectivity index (χ1v) is 7.14. The molecule has 0 amide bonds. The third-order valence-electron chi connectivity index (χ3n) is 4.31. The Hall–Kier alpha value is -1.63. The van der Waals surface area contributed by atoms with E-state index >= 15 is 0 Å². The van der Waals surface area contributed by atoms with Crippen molar-refractivity contribution in [1.82, 2.24) is 0 Å². The van der Waals surface area contributed by atoms with Crippen molar-refractivity contribution in [2.75, 3.05) is 0 Å². The molecule has 21 heavy (non-hydrogen) atoms. The molecule has 1 aliphatic carbocycles. The lowest BCUT2D eigenvalue weighted by molar-refractivity contribution is -0.128. The zero-order chi connectivity index (χ0) is 15.0. The smallest absolute Gasteiger partial charge is 0.197 e. The predicted molar refractivity (Wildman–Crippen MR) is 65.5 cm³/mol. The van der Waals surface area contributed by atoms with E-state index in [-0.39, 0.29) is 22.7 Å². The summed E-state index contributed by atoms with van der Waals surface area (Å²) in [4.78, 5) is 23.9. The van der Waals surface area contributed by atoms with Gasteiger partial charge in [0, 0.05) is 33.5 Å². The van der Waals surface area contributed by atoms with Gasteiger partial charge in [0.25, 0.3) is 0 Å². The predicted octanol–water partition coefficient (Wildman–Crippen LogP) is 3.03. The maximum atomic E-state index is 14.0. The van der Waals surface area contributed by atoms with Gasteiger partial charge in [0.05, 0.1) is 0 Å². The van der Waals surface area contributed by atoms with Crippen LogP contribution in [0, 0.1) is 35.1 Å². The number of carbonyl (C=O) groups is 2. The Balaban J connectivity index is 2.00. The van der Waals surface area contributed by atoms with Crippen molar-refractivity contribution in [1.29, 1.82) is 0 Å². The molecule has 0 radical (unpaired) electrons. The van der Waals surface area contributed by atoms with Crippen LogP contribution in [0.1, 0.15) is 21.6 Å². The minimum absolute atomic E-state index is 0.306. The van der Waals surface area contributed by atoms with Crippen molar-refractivity contribution in [2.45, 2.75) is 10.5 Å². The van der Waals surface area contributed by atoms with Gasteiger partial charge in [-0.1, -0.05) is 0 Å². The lowest BCUT2D eigenvalue weighted by Crippen LogP contribution is -2.36. The molecular formula is C14H6F4O2S. The van der Waals surface area contributed by atoms with Gasteiger partial charge in [0.1, 0.15) is 0 Å². The number of halogens is 4. The molecule has 4 atom stereocenters. The highest BCUT2D eigenvalue weighted by Gasteiger charge is 2.60. The molecule has 2 nitrogen and oxygen atoms in total. The Labute approximate surface area is 120 Å². The Bertz CT molecular complexity index is 697. The average Bonchev–Trinajstić information content (AvgIpc) is 3.03. The number of rotatable bonds is 0. The monoisotopic (exact) mass is 314 g/mol. The van der Waals surface area contributed by atoms with Gasteiger partial charge in [0.2, 0.25) is 0 Å². The van der Waals surface area contributed by atoms with Gasteiger partial charge in [-0.15, -0.1) is 11.8 Å². The van der Waals surface area contributed by atoms with Crippen LogP contribution >= 0.6 is 11.8 Å². The van der Waals surface area contributed by atoms with Crippen LogP contribution in [0.3, 0.4) is 0 Å². The molecule has 0 spiro atoms. The van der Waals surface area contributed by atoms with Crippen LogP contribution in [0.25, 0.3) is 0 Å². The third-order valence-corrected chi connectivity index (χ3v) is 5.96. The molecule has 7 heteroatoms. The van der Waals surface area contributed by atoms with Gasteiger partial charge in [-0.3, -0.25) is 9.59 Å². The minimum atomic E-state index is -1.87. The first-order valence-electron chi connectivity index (χ1n) is 6.20. The largest absolute Gasteiger partial charge is 0.294 e. The minimum Gasteiger partial charge on any atom is -0.294 e. The molecule has 2 bridgehead atoms. The first-order chi connectivity index (χ1) is 9.93. The third kappa shape index (κ3) is 1.40. The molecule has 3 aliphatic rings. The Morgan fingerprint density at radius 2 is 1.10 bits per heavy atom. The fraction of sp³-hybridized carbons (Fsp3) is 0.286. The number of ketones is 2. The van der Waals surface area contributed by atoms with Crippen molar-refractivity contribution in [2.24, 2.45) is 11.8 Å². The molecule has 0 saturated carbocycles. The molecule has 4 unspecified atom stereocenters. The average molecular weight is 314 g/mol. The molecule has 2 aliphatic heterocycles. The SMILES string of the molecule is O=C1C=CC(=O)C2C3SC(c4c(F)c(F)c(F)c(F)c43)C12. The molecule has 0 N–H and O–H groups in total. The lowest BCUT2D eigenvalue weighted by atomic mass is 9.69. The number of benzene rings is 1. The fourth-order valence-electron chi connectivity index (χ4n) is 3.46. The highest BCUT2D eigenvalue weighted by atomic mass is 32.2. The van der Waals surface area contributed by atoms with Crippen LogP contribution in [-0.4, -0.2) is 11.6 Å². The molecule has 108 valence electrons. The maximum absolute atomic E-state index is 14.0. The zero-order valence-electron chi connectivity index (χ0n) is 10.2. The second kappa shape index (κ2) is 3.97. The summed E-state index contributed by atoms with van der Waals surface area (Å²) in [6, 6.07) is 0. The quantitative estimate of drug-likeness (QED) is 0.419. The van der Waals surface area contributed by atoms with Crippen molar-refractivity contribution in [3.05, 3.63) is 46.5 Å². The fourth-order valence-corrected chi connectivity index (χ4v) is 5.45. The van der Waals surface area contributed by atoms with Crippen LogP contribution in [-0.2, 0) is 9.59 Å². The Kier molecular flexibility index (Phi) is 2.47. The van der Waals surface area contributed by atoms with Gasteiger partial charge in [-0.05, 0) is 12.2 Å². The van der Waals surface area contributed by atoms with E-state index in [9.17, 15) is 27.2 Å². The van der Waals surface area contributed by atoms with Crippen molar-refractivity contribution in [3.63, 3.8) is 0 Å². The summed E-state index contributed by atoms with van der Waals surface area (Å²) in [5.41, 5.74) is -0.613. The topological polar surface area (TPSA) is 34.1 Å². The van der Waals surface area contributed by atoms with E-state index in [0.717, 1.165) is 23.9 Å². The van der Waals surface area contributed by atoms with Crippen LogP contribution in [0.2, 0.25) is 0 Å². The van der Waals surface area contributed by atoms with E-state index in [1.807, 2.05) is 0 Å². The second-order valence-electron chi connectivity index (χ2n) is 5.25. The number of hydrogen-bond acceptors (Lipinski definition) is 3. The Morgan fingerprint density at radius 3 is 1.48 bits per heavy atom. The van der Waals surface area contributed by atoms with Gasteiger partial charge in [0.15, 0.2) is 34.8 Å². The molecule has 1 aromatic rings. The summed E-state index contributed by atoms with van der Waals surface area (Å²) in [6.45, 7) is 0. The molecule has 2 heterocycles. The standard InChI is InChI=1S/C14H6F4O2S/c15-9-7-8(10(16)12(18)11(9)17)14-6-4(20)2-1-3(19)5(6)13(7)21-14/h1-2,5-6,13-14H. The summed E-state index contributed by atoms with van der Waals surface area (Å²) in [5, 5.41) is -1.69. The number of thioether (sulfide) groups is 1. The van der Waals surface area contributed by atoms with Gasteiger partial charge < -0.3 is 0 Å². The van der Waals surface area contributed by atoms with Gasteiger partial charge >= 0.3 is 0 Å². The number of allylic oxidation sites excluding steroid dienone is 2. The van der Waals surface area contributed by atoms with E-state index in [2.05, 4.69) is 0 Å². The van der Waals surface area contributed by atoms with Crippen molar-refractivity contribution >= 4 is 23.3 Å². The molecule has 4 rings (SSSR count). The van der Waals surface area contributed by atoms with Gasteiger partial charge in [-0.25, -0.2) is 17.6 Å². The number of hydrogen-bond donors (Lipinski definition) is 0. The highest BCUT2D eigenvalue weighted by Crippen LogP contribution is 2.68. The summed E-state index contributed by atoms with van der Waals surface area (Å²) in [5.74, 6) is -9.06. The van der Waals surface area contributed by atoms with E-state index in [1.165, 1.54) is 0 Å². The molecular weight excluding hydrogens is 308 g/mol. The van der Waals surface area contributed by atoms with Crippen LogP contribution in [0.5, 0.6) is 0 Å². The van der Waals surface area contributed by atoms with Crippen molar-refractivity contribution in [3.8, 4) is 0 Å². The molecule has 0 aromatic heterocycles. The first kappa shape index (κ1) is 13.1.